The third-order valence-corrected chi connectivity index (χ3v) is 4.96. The summed E-state index contributed by atoms with van der Waals surface area (Å²) in [6.07, 6.45) is 3.15. The summed E-state index contributed by atoms with van der Waals surface area (Å²) in [5.41, 5.74) is 6.63. The standard InChI is InChI=1S/C13H20N2OS2/c1-4-9(2)8-18-11-7-5-6-10(17-3)12(11)13(14)15-16/h5-7,9,16H,4,8H2,1-3H3,(H2,14,15). The zero-order chi connectivity index (χ0) is 13.5. The van der Waals surface area contributed by atoms with Gasteiger partial charge in [-0.25, -0.2) is 0 Å². The lowest BCUT2D eigenvalue weighted by Crippen LogP contribution is -2.15. The molecule has 0 saturated heterocycles. The van der Waals surface area contributed by atoms with E-state index in [1.54, 1.807) is 23.5 Å². The number of nitrogens with zero attached hydrogens (tertiary/aromatic N) is 1. The van der Waals surface area contributed by atoms with Gasteiger partial charge in [0.25, 0.3) is 0 Å². The minimum Gasteiger partial charge on any atom is -0.409 e. The van der Waals surface area contributed by atoms with E-state index >= 15 is 0 Å². The summed E-state index contributed by atoms with van der Waals surface area (Å²) in [6, 6.07) is 6.03. The maximum atomic E-state index is 8.90. The molecule has 0 radical (unpaired) electrons. The van der Waals surface area contributed by atoms with E-state index in [-0.39, 0.29) is 5.84 Å². The van der Waals surface area contributed by atoms with E-state index in [0.717, 1.165) is 27.5 Å². The van der Waals surface area contributed by atoms with Crippen LogP contribution in [-0.4, -0.2) is 23.1 Å². The normalized spacial score (nSPS) is 13.6. The molecule has 1 unspecified atom stereocenters. The van der Waals surface area contributed by atoms with Crippen molar-refractivity contribution in [1.82, 2.24) is 0 Å². The van der Waals surface area contributed by atoms with Gasteiger partial charge in [-0.3, -0.25) is 0 Å². The van der Waals surface area contributed by atoms with Gasteiger partial charge in [-0.05, 0) is 24.3 Å². The summed E-state index contributed by atoms with van der Waals surface area (Å²) < 4.78 is 0. The Morgan fingerprint density at radius 1 is 1.44 bits per heavy atom. The molecular formula is C13H20N2OS2. The Balaban J connectivity index is 3.03. The Bertz CT molecular complexity index is 421. The van der Waals surface area contributed by atoms with Crippen LogP contribution in [0.5, 0.6) is 0 Å². The van der Waals surface area contributed by atoms with Crippen LogP contribution in [0.4, 0.5) is 0 Å². The predicted molar refractivity (Wildman–Crippen MR) is 80.9 cm³/mol. The van der Waals surface area contributed by atoms with Gasteiger partial charge in [-0.1, -0.05) is 31.5 Å². The fraction of sp³-hybridized carbons (Fsp3) is 0.462. The van der Waals surface area contributed by atoms with Gasteiger partial charge in [-0.2, -0.15) is 0 Å². The van der Waals surface area contributed by atoms with Crippen molar-refractivity contribution in [2.45, 2.75) is 30.1 Å². The van der Waals surface area contributed by atoms with Gasteiger partial charge in [0.15, 0.2) is 5.84 Å². The van der Waals surface area contributed by atoms with Crippen molar-refractivity contribution in [3.8, 4) is 0 Å². The van der Waals surface area contributed by atoms with Crippen LogP contribution in [-0.2, 0) is 0 Å². The zero-order valence-electron chi connectivity index (χ0n) is 11.0. The van der Waals surface area contributed by atoms with Gasteiger partial charge in [0.1, 0.15) is 0 Å². The summed E-state index contributed by atoms with van der Waals surface area (Å²) in [5, 5.41) is 12.0. The second kappa shape index (κ2) is 7.59. The molecule has 0 aromatic heterocycles. The average molecular weight is 284 g/mol. The fourth-order valence-electron chi connectivity index (χ4n) is 1.45. The number of amidine groups is 1. The van der Waals surface area contributed by atoms with Gasteiger partial charge < -0.3 is 10.9 Å². The van der Waals surface area contributed by atoms with Crippen molar-refractivity contribution in [2.24, 2.45) is 16.8 Å². The van der Waals surface area contributed by atoms with Crippen LogP contribution < -0.4 is 5.73 Å². The van der Waals surface area contributed by atoms with Gasteiger partial charge in [0.05, 0.1) is 0 Å². The fourth-order valence-corrected chi connectivity index (χ4v) is 3.39. The molecule has 0 spiro atoms. The first-order valence-corrected chi connectivity index (χ1v) is 8.12. The van der Waals surface area contributed by atoms with Crippen LogP contribution in [0.15, 0.2) is 33.1 Å². The number of hydrogen-bond donors (Lipinski definition) is 2. The van der Waals surface area contributed by atoms with Crippen molar-refractivity contribution in [3.05, 3.63) is 23.8 Å². The van der Waals surface area contributed by atoms with E-state index in [1.165, 1.54) is 0 Å². The average Bonchev–Trinajstić information content (AvgIpc) is 2.43. The van der Waals surface area contributed by atoms with Gasteiger partial charge in [-0.15, -0.1) is 23.5 Å². The first-order chi connectivity index (χ1) is 8.63. The van der Waals surface area contributed by atoms with Crippen LogP contribution in [0.2, 0.25) is 0 Å². The topological polar surface area (TPSA) is 58.6 Å². The number of thioether (sulfide) groups is 2. The molecule has 0 heterocycles. The second-order valence-electron chi connectivity index (χ2n) is 4.14. The maximum absolute atomic E-state index is 8.90. The summed E-state index contributed by atoms with van der Waals surface area (Å²) in [7, 11) is 0. The van der Waals surface area contributed by atoms with Crippen molar-refractivity contribution in [3.63, 3.8) is 0 Å². The molecule has 3 N–H and O–H groups in total. The number of nitrogens with two attached hydrogens (primary N) is 1. The Hall–Kier alpha value is -0.810. The molecule has 0 fully saturated rings. The smallest absolute Gasteiger partial charge is 0.172 e. The minimum absolute atomic E-state index is 0.187. The Kier molecular flexibility index (Phi) is 6.43. The van der Waals surface area contributed by atoms with E-state index in [1.807, 2.05) is 24.5 Å². The van der Waals surface area contributed by atoms with Crippen LogP contribution in [0.25, 0.3) is 0 Å². The van der Waals surface area contributed by atoms with Crippen molar-refractivity contribution in [2.75, 3.05) is 12.0 Å². The van der Waals surface area contributed by atoms with Crippen LogP contribution in [0.3, 0.4) is 0 Å². The lowest BCUT2D eigenvalue weighted by molar-refractivity contribution is 0.318. The molecule has 0 aliphatic carbocycles. The molecule has 5 heteroatoms. The van der Waals surface area contributed by atoms with Crippen molar-refractivity contribution < 1.29 is 5.21 Å². The Morgan fingerprint density at radius 3 is 2.67 bits per heavy atom. The summed E-state index contributed by atoms with van der Waals surface area (Å²) in [4.78, 5) is 2.12. The van der Waals surface area contributed by atoms with E-state index < -0.39 is 0 Å². The zero-order valence-corrected chi connectivity index (χ0v) is 12.6. The molecule has 1 atom stereocenters. The Labute approximate surface area is 117 Å². The quantitative estimate of drug-likeness (QED) is 0.275. The number of oxime groups is 1. The number of hydrogen-bond acceptors (Lipinski definition) is 4. The second-order valence-corrected chi connectivity index (χ2v) is 6.05. The molecule has 1 aromatic carbocycles. The van der Waals surface area contributed by atoms with E-state index in [9.17, 15) is 0 Å². The van der Waals surface area contributed by atoms with Crippen LogP contribution in [0.1, 0.15) is 25.8 Å². The van der Waals surface area contributed by atoms with Gasteiger partial charge >= 0.3 is 0 Å². The minimum atomic E-state index is 0.187. The Morgan fingerprint density at radius 2 is 2.11 bits per heavy atom. The number of rotatable bonds is 6. The highest BCUT2D eigenvalue weighted by Crippen LogP contribution is 2.31. The SMILES string of the molecule is CCC(C)CSc1cccc(SC)c1/C(N)=N/O. The summed E-state index contributed by atoms with van der Waals surface area (Å²) in [6.45, 7) is 4.42. The molecule has 18 heavy (non-hydrogen) atoms. The van der Waals surface area contributed by atoms with Crippen molar-refractivity contribution >= 4 is 29.4 Å². The molecule has 0 bridgehead atoms. The summed E-state index contributed by atoms with van der Waals surface area (Å²) in [5.74, 6) is 1.89. The van der Waals surface area contributed by atoms with E-state index in [4.69, 9.17) is 10.9 Å². The highest BCUT2D eigenvalue weighted by Gasteiger charge is 2.13. The molecule has 0 aliphatic rings. The van der Waals surface area contributed by atoms with Gasteiger partial charge in [0, 0.05) is 21.1 Å². The highest BCUT2D eigenvalue weighted by molar-refractivity contribution is 8.00. The number of benzene rings is 1. The van der Waals surface area contributed by atoms with Gasteiger partial charge in [0.2, 0.25) is 0 Å². The monoisotopic (exact) mass is 284 g/mol. The van der Waals surface area contributed by atoms with Crippen molar-refractivity contribution in [1.29, 1.82) is 0 Å². The molecule has 3 nitrogen and oxygen atoms in total. The molecular weight excluding hydrogens is 264 g/mol. The first-order valence-electron chi connectivity index (χ1n) is 5.91. The van der Waals surface area contributed by atoms with Crippen LogP contribution in [0, 0.1) is 5.92 Å². The third kappa shape index (κ3) is 3.85. The molecule has 0 amide bonds. The van der Waals surface area contributed by atoms with E-state index in [2.05, 4.69) is 19.0 Å². The molecule has 1 aromatic rings. The molecule has 0 aliphatic heterocycles. The van der Waals surface area contributed by atoms with E-state index in [0.29, 0.717) is 5.92 Å². The maximum Gasteiger partial charge on any atom is 0.172 e. The first kappa shape index (κ1) is 15.2. The molecule has 100 valence electrons. The van der Waals surface area contributed by atoms with Crippen LogP contribution >= 0.6 is 23.5 Å². The lowest BCUT2D eigenvalue weighted by Gasteiger charge is -2.13. The molecule has 1 rings (SSSR count). The largest absolute Gasteiger partial charge is 0.409 e. The third-order valence-electron chi connectivity index (χ3n) is 2.79. The highest BCUT2D eigenvalue weighted by atomic mass is 32.2. The summed E-state index contributed by atoms with van der Waals surface area (Å²) >= 11 is 3.38. The lowest BCUT2D eigenvalue weighted by atomic mass is 10.2. The predicted octanol–water partition coefficient (Wildman–Crippen LogP) is 3.64. The molecule has 0 saturated carbocycles.